The van der Waals surface area contributed by atoms with Crippen LogP contribution in [0.15, 0.2) is 40.9 Å². The van der Waals surface area contributed by atoms with Crippen molar-refractivity contribution in [1.29, 1.82) is 0 Å². The number of ketones is 1. The molecule has 0 spiro atoms. The van der Waals surface area contributed by atoms with E-state index in [0.29, 0.717) is 11.7 Å². The largest absolute Gasteiger partial charge is 0.464 e. The van der Waals surface area contributed by atoms with Gasteiger partial charge in [-0.15, -0.1) is 0 Å². The molecule has 8 nitrogen and oxygen atoms in total. The first-order chi connectivity index (χ1) is 16.9. The van der Waals surface area contributed by atoms with Crippen molar-refractivity contribution in [2.45, 2.75) is 31.8 Å². The number of halogens is 1. The average molecular weight is 540 g/mol. The first kappa shape index (κ1) is 23.8. The summed E-state index contributed by atoms with van der Waals surface area (Å²) in [6, 6.07) is 12.6. The van der Waals surface area contributed by atoms with Crippen LogP contribution in [0.4, 0.5) is 11.5 Å². The number of esters is 1. The Balaban J connectivity index is 1.39. The number of pyridine rings is 1. The standard InChI is InChI=1S/C26H30BrN5O3/c1-16(33)17-4-6-19(7-5-17)30-10-12-31(13-11-30)22-9-8-21-23(27)24(26(34)35-3)32(25(21)29-22)20-14-18(15-20)28-2/h4-9,18,20,28H,10-15H2,1-3H3/t18-,20-. The van der Waals surface area contributed by atoms with E-state index in [1.165, 1.54) is 7.11 Å². The van der Waals surface area contributed by atoms with Gasteiger partial charge in [-0.2, -0.15) is 0 Å². The molecule has 0 unspecified atom stereocenters. The number of nitrogens with zero attached hydrogens (tertiary/aromatic N) is 4. The normalized spacial score (nSPS) is 20.1. The van der Waals surface area contributed by atoms with E-state index < -0.39 is 0 Å². The number of fused-ring (bicyclic) bond motifs is 1. The number of piperazine rings is 1. The molecule has 184 valence electrons. The molecule has 3 heterocycles. The molecule has 9 heteroatoms. The van der Waals surface area contributed by atoms with Gasteiger partial charge in [-0.3, -0.25) is 4.79 Å². The molecule has 35 heavy (non-hydrogen) atoms. The lowest BCUT2D eigenvalue weighted by molar-refractivity contribution is 0.0579. The summed E-state index contributed by atoms with van der Waals surface area (Å²) in [6.07, 6.45) is 1.90. The molecule has 3 aromatic rings. The smallest absolute Gasteiger partial charge is 0.355 e. The molecule has 2 aliphatic rings. The van der Waals surface area contributed by atoms with E-state index in [-0.39, 0.29) is 17.8 Å². The highest BCUT2D eigenvalue weighted by atomic mass is 79.9. The third-order valence-corrected chi connectivity index (χ3v) is 8.08. The quantitative estimate of drug-likeness (QED) is 0.374. The Labute approximate surface area is 213 Å². The summed E-state index contributed by atoms with van der Waals surface area (Å²) >= 11 is 3.65. The molecule has 1 aromatic carbocycles. The second-order valence-corrected chi connectivity index (χ2v) is 10.0. The van der Waals surface area contributed by atoms with Crippen molar-refractivity contribution in [3.63, 3.8) is 0 Å². The van der Waals surface area contributed by atoms with Gasteiger partial charge in [-0.25, -0.2) is 9.78 Å². The lowest BCUT2D eigenvalue weighted by Crippen LogP contribution is -2.46. The highest BCUT2D eigenvalue weighted by Crippen LogP contribution is 2.41. The van der Waals surface area contributed by atoms with E-state index in [1.54, 1.807) is 6.92 Å². The molecule has 2 aromatic heterocycles. The fourth-order valence-electron chi connectivity index (χ4n) is 5.08. The van der Waals surface area contributed by atoms with Gasteiger partial charge >= 0.3 is 5.97 Å². The van der Waals surface area contributed by atoms with Crippen LogP contribution in [0.1, 0.15) is 46.7 Å². The van der Waals surface area contributed by atoms with Crippen molar-refractivity contribution >= 4 is 50.2 Å². The van der Waals surface area contributed by atoms with E-state index in [0.717, 1.165) is 71.6 Å². The maximum Gasteiger partial charge on any atom is 0.355 e. The second-order valence-electron chi connectivity index (χ2n) is 9.25. The molecule has 1 saturated carbocycles. The number of nitrogens with one attached hydrogen (secondary N) is 1. The lowest BCUT2D eigenvalue weighted by atomic mass is 9.86. The van der Waals surface area contributed by atoms with Gasteiger partial charge in [0.25, 0.3) is 0 Å². The summed E-state index contributed by atoms with van der Waals surface area (Å²) in [6.45, 7) is 4.99. The maximum atomic E-state index is 12.7. The molecular weight excluding hydrogens is 510 g/mol. The topological polar surface area (TPSA) is 79.7 Å². The monoisotopic (exact) mass is 539 g/mol. The van der Waals surface area contributed by atoms with Gasteiger partial charge in [0, 0.05) is 54.9 Å². The molecule has 1 aliphatic heterocycles. The number of hydrogen-bond donors (Lipinski definition) is 1. The number of anilines is 2. The predicted octanol–water partition coefficient (Wildman–Crippen LogP) is 4.04. The minimum Gasteiger partial charge on any atom is -0.464 e. The number of aromatic nitrogens is 2. The van der Waals surface area contributed by atoms with Gasteiger partial charge in [0.15, 0.2) is 5.78 Å². The van der Waals surface area contributed by atoms with E-state index in [4.69, 9.17) is 9.72 Å². The average Bonchev–Trinajstić information content (AvgIpc) is 3.14. The Morgan fingerprint density at radius 1 is 1.03 bits per heavy atom. The lowest BCUT2D eigenvalue weighted by Gasteiger charge is -2.38. The Kier molecular flexibility index (Phi) is 6.55. The number of methoxy groups -OCH3 is 1. The SMILES string of the molecule is CN[C@H]1C[C@H](n2c(C(=O)OC)c(Br)c3ccc(N4CCN(c5ccc(C(C)=O)cc5)CC4)nc32)C1. The van der Waals surface area contributed by atoms with Gasteiger partial charge in [-0.1, -0.05) is 0 Å². The van der Waals surface area contributed by atoms with Gasteiger partial charge < -0.3 is 24.4 Å². The van der Waals surface area contributed by atoms with E-state index >= 15 is 0 Å². The molecule has 2 fully saturated rings. The van der Waals surface area contributed by atoms with Crippen LogP contribution in [0, 0.1) is 0 Å². The van der Waals surface area contributed by atoms with Crippen molar-refractivity contribution in [3.05, 3.63) is 52.1 Å². The van der Waals surface area contributed by atoms with Crippen LogP contribution < -0.4 is 15.1 Å². The Bertz CT molecular complexity index is 1260. The Morgan fingerprint density at radius 2 is 1.69 bits per heavy atom. The van der Waals surface area contributed by atoms with Crippen LogP contribution in [0.5, 0.6) is 0 Å². The van der Waals surface area contributed by atoms with Crippen LogP contribution in [-0.4, -0.2) is 67.7 Å². The summed E-state index contributed by atoms with van der Waals surface area (Å²) in [4.78, 5) is 33.9. The van der Waals surface area contributed by atoms with Gasteiger partial charge in [0.05, 0.1) is 11.6 Å². The van der Waals surface area contributed by atoms with E-state index in [9.17, 15) is 9.59 Å². The van der Waals surface area contributed by atoms with E-state index in [1.807, 2.05) is 43.4 Å². The summed E-state index contributed by atoms with van der Waals surface area (Å²) < 4.78 is 7.92. The highest BCUT2D eigenvalue weighted by molar-refractivity contribution is 9.10. The first-order valence-electron chi connectivity index (χ1n) is 12.0. The number of hydrogen-bond acceptors (Lipinski definition) is 7. The third kappa shape index (κ3) is 4.31. The van der Waals surface area contributed by atoms with Gasteiger partial charge in [0.1, 0.15) is 17.2 Å². The Hall–Kier alpha value is -2.91. The second kappa shape index (κ2) is 9.62. The zero-order valence-electron chi connectivity index (χ0n) is 20.3. The number of rotatable bonds is 6. The molecule has 0 bridgehead atoms. The third-order valence-electron chi connectivity index (χ3n) is 7.28. The van der Waals surface area contributed by atoms with Crippen LogP contribution in [0.3, 0.4) is 0 Å². The molecule has 0 radical (unpaired) electrons. The van der Waals surface area contributed by atoms with Crippen LogP contribution in [-0.2, 0) is 4.74 Å². The molecule has 0 amide bonds. The van der Waals surface area contributed by atoms with Crippen molar-refractivity contribution in [1.82, 2.24) is 14.9 Å². The number of benzene rings is 1. The fraction of sp³-hybridized carbons (Fsp3) is 0.423. The number of Topliss-reactive ketones (excluding diaryl/α,β-unsaturated/α-hetero) is 1. The Morgan fingerprint density at radius 3 is 2.29 bits per heavy atom. The fourth-order valence-corrected chi connectivity index (χ4v) is 5.75. The molecule has 1 N–H and O–H groups in total. The molecule has 0 atom stereocenters. The van der Waals surface area contributed by atoms with Crippen molar-refractivity contribution in [2.75, 3.05) is 50.1 Å². The minimum atomic E-state index is -0.353. The number of carbonyl (C=O) groups is 2. The zero-order chi connectivity index (χ0) is 24.7. The van der Waals surface area contributed by atoms with Crippen LogP contribution >= 0.6 is 15.9 Å². The van der Waals surface area contributed by atoms with E-state index in [2.05, 4.69) is 35.6 Å². The highest BCUT2D eigenvalue weighted by Gasteiger charge is 2.35. The summed E-state index contributed by atoms with van der Waals surface area (Å²) in [5.74, 6) is 0.642. The maximum absolute atomic E-state index is 12.7. The van der Waals surface area contributed by atoms with Crippen molar-refractivity contribution in [2.24, 2.45) is 0 Å². The first-order valence-corrected chi connectivity index (χ1v) is 12.8. The zero-order valence-corrected chi connectivity index (χ0v) is 21.8. The van der Waals surface area contributed by atoms with Crippen LogP contribution in [0.2, 0.25) is 0 Å². The number of carbonyl (C=O) groups excluding carboxylic acids is 2. The van der Waals surface area contributed by atoms with Crippen molar-refractivity contribution in [3.8, 4) is 0 Å². The summed E-state index contributed by atoms with van der Waals surface area (Å²) in [5, 5.41) is 4.24. The molecular formula is C26H30BrN5O3. The molecule has 1 aliphatic carbocycles. The summed E-state index contributed by atoms with van der Waals surface area (Å²) in [7, 11) is 3.39. The van der Waals surface area contributed by atoms with Crippen molar-refractivity contribution < 1.29 is 14.3 Å². The molecule has 5 rings (SSSR count). The minimum absolute atomic E-state index is 0.0814. The van der Waals surface area contributed by atoms with Crippen LogP contribution in [0.25, 0.3) is 11.0 Å². The molecule has 1 saturated heterocycles. The summed E-state index contributed by atoms with van der Waals surface area (Å²) in [5.41, 5.74) is 3.21. The van der Waals surface area contributed by atoms with Gasteiger partial charge in [0.2, 0.25) is 0 Å². The number of ether oxygens (including phenoxy) is 1. The van der Waals surface area contributed by atoms with Gasteiger partial charge in [-0.05, 0) is 79.1 Å². The predicted molar refractivity (Wildman–Crippen MR) is 141 cm³/mol.